The monoisotopic (exact) mass is 334 g/mol. The fourth-order valence-corrected chi connectivity index (χ4v) is 2.90. The van der Waals surface area contributed by atoms with Crippen molar-refractivity contribution in [1.29, 1.82) is 0 Å². The van der Waals surface area contributed by atoms with Crippen molar-refractivity contribution in [3.8, 4) is 0 Å². The zero-order valence-electron chi connectivity index (χ0n) is 12.0. The highest BCUT2D eigenvalue weighted by Gasteiger charge is 2.10. The molecule has 106 valence electrons. The maximum absolute atomic E-state index is 13.2. The van der Waals surface area contributed by atoms with Crippen molar-refractivity contribution >= 4 is 15.9 Å². The maximum Gasteiger partial charge on any atom is 0.123 e. The van der Waals surface area contributed by atoms with Gasteiger partial charge in [-0.1, -0.05) is 46.3 Å². The molecule has 2 rings (SSSR count). The average molecular weight is 335 g/mol. The fraction of sp³-hybridized carbons (Fsp3) is 0.333. The highest BCUT2D eigenvalue weighted by atomic mass is 79.9. The number of benzene rings is 2. The number of hydrogen-bond acceptors (Lipinski definition) is 0. The summed E-state index contributed by atoms with van der Waals surface area (Å²) in [4.78, 5) is 0. The minimum atomic E-state index is -0.151. The predicted molar refractivity (Wildman–Crippen MR) is 87.0 cm³/mol. The van der Waals surface area contributed by atoms with Crippen LogP contribution in [-0.4, -0.2) is 5.33 Å². The lowest BCUT2D eigenvalue weighted by Crippen LogP contribution is -2.10. The highest BCUT2D eigenvalue weighted by molar-refractivity contribution is 9.09. The number of halogens is 2. The molecule has 0 nitrogen and oxygen atoms in total. The van der Waals surface area contributed by atoms with E-state index in [4.69, 9.17) is 0 Å². The Labute approximate surface area is 129 Å². The van der Waals surface area contributed by atoms with Crippen molar-refractivity contribution in [2.75, 3.05) is 5.33 Å². The Kier molecular flexibility index (Phi) is 5.36. The molecule has 0 saturated carbocycles. The molecule has 0 radical (unpaired) electrons. The summed E-state index contributed by atoms with van der Waals surface area (Å²) in [7, 11) is 0. The van der Waals surface area contributed by atoms with Gasteiger partial charge in [-0.25, -0.2) is 4.39 Å². The van der Waals surface area contributed by atoms with Gasteiger partial charge in [0, 0.05) is 5.33 Å². The molecule has 2 heteroatoms. The summed E-state index contributed by atoms with van der Waals surface area (Å²) in [6.07, 6.45) is 1.92. The average Bonchev–Trinajstić information content (AvgIpc) is 2.42. The van der Waals surface area contributed by atoms with E-state index in [1.54, 1.807) is 12.1 Å². The van der Waals surface area contributed by atoms with Gasteiger partial charge in [0.15, 0.2) is 0 Å². The first kappa shape index (κ1) is 15.2. The van der Waals surface area contributed by atoms with Gasteiger partial charge >= 0.3 is 0 Å². The maximum atomic E-state index is 13.2. The Bertz CT molecular complexity index is 577. The van der Waals surface area contributed by atoms with E-state index in [9.17, 15) is 4.39 Å². The molecule has 20 heavy (non-hydrogen) atoms. The fourth-order valence-electron chi connectivity index (χ4n) is 2.44. The summed E-state index contributed by atoms with van der Waals surface area (Å²) in [6.45, 7) is 4.28. The van der Waals surface area contributed by atoms with Crippen LogP contribution >= 0.6 is 15.9 Å². The zero-order valence-corrected chi connectivity index (χ0v) is 13.6. The van der Waals surface area contributed by atoms with Gasteiger partial charge in [-0.2, -0.15) is 0 Å². The summed E-state index contributed by atoms with van der Waals surface area (Å²) >= 11 is 3.59. The number of alkyl halides is 1. The van der Waals surface area contributed by atoms with Crippen LogP contribution in [0.3, 0.4) is 0 Å². The van der Waals surface area contributed by atoms with E-state index in [1.807, 2.05) is 6.07 Å². The third kappa shape index (κ3) is 4.17. The first-order valence-electron chi connectivity index (χ1n) is 6.95. The Morgan fingerprint density at radius 2 is 1.65 bits per heavy atom. The van der Waals surface area contributed by atoms with Crippen LogP contribution in [0.5, 0.6) is 0 Å². The molecule has 1 unspecified atom stereocenters. The Balaban J connectivity index is 2.07. The van der Waals surface area contributed by atoms with Crippen molar-refractivity contribution in [3.05, 3.63) is 70.5 Å². The molecule has 0 spiro atoms. The number of rotatable bonds is 5. The van der Waals surface area contributed by atoms with Crippen LogP contribution in [0.15, 0.2) is 42.5 Å². The first-order valence-corrected chi connectivity index (χ1v) is 8.07. The SMILES string of the molecule is Cc1ccc(CC(CBr)Cc2cccc(F)c2)cc1C. The van der Waals surface area contributed by atoms with Crippen molar-refractivity contribution in [2.45, 2.75) is 26.7 Å². The van der Waals surface area contributed by atoms with Gasteiger partial charge in [0.1, 0.15) is 5.82 Å². The number of hydrogen-bond donors (Lipinski definition) is 0. The molecule has 0 fully saturated rings. The van der Waals surface area contributed by atoms with E-state index < -0.39 is 0 Å². The van der Waals surface area contributed by atoms with Gasteiger partial charge in [-0.3, -0.25) is 0 Å². The third-order valence-electron chi connectivity index (χ3n) is 3.73. The summed E-state index contributed by atoms with van der Waals surface area (Å²) in [5.41, 5.74) is 5.09. The van der Waals surface area contributed by atoms with E-state index in [1.165, 1.54) is 22.8 Å². The second-order valence-electron chi connectivity index (χ2n) is 5.48. The molecule has 0 aromatic heterocycles. The standard InChI is InChI=1S/C18H20BrF/c1-13-6-7-16(8-14(13)2)10-17(12-19)9-15-4-3-5-18(20)11-15/h3-8,11,17H,9-10,12H2,1-2H3. The molecule has 0 aliphatic carbocycles. The van der Waals surface area contributed by atoms with E-state index in [0.717, 1.165) is 23.7 Å². The van der Waals surface area contributed by atoms with E-state index >= 15 is 0 Å². The lowest BCUT2D eigenvalue weighted by atomic mass is 9.93. The number of aryl methyl sites for hydroxylation is 2. The van der Waals surface area contributed by atoms with Crippen LogP contribution in [0.25, 0.3) is 0 Å². The smallest absolute Gasteiger partial charge is 0.123 e. The molecule has 2 aromatic rings. The van der Waals surface area contributed by atoms with Crippen LogP contribution in [0.2, 0.25) is 0 Å². The van der Waals surface area contributed by atoms with Gasteiger partial charge in [0.05, 0.1) is 0 Å². The molecular formula is C18H20BrF. The molecule has 0 saturated heterocycles. The molecule has 1 atom stereocenters. The first-order chi connectivity index (χ1) is 9.58. The van der Waals surface area contributed by atoms with Crippen molar-refractivity contribution in [3.63, 3.8) is 0 Å². The van der Waals surface area contributed by atoms with Gasteiger partial charge < -0.3 is 0 Å². The van der Waals surface area contributed by atoms with E-state index in [2.05, 4.69) is 48.0 Å². The Morgan fingerprint density at radius 1 is 0.950 bits per heavy atom. The van der Waals surface area contributed by atoms with Crippen molar-refractivity contribution in [2.24, 2.45) is 5.92 Å². The highest BCUT2D eigenvalue weighted by Crippen LogP contribution is 2.19. The summed E-state index contributed by atoms with van der Waals surface area (Å²) in [6, 6.07) is 13.6. The quantitative estimate of drug-likeness (QED) is 0.656. The van der Waals surface area contributed by atoms with E-state index in [-0.39, 0.29) is 5.82 Å². The van der Waals surface area contributed by atoms with Gasteiger partial charge in [-0.15, -0.1) is 0 Å². The minimum Gasteiger partial charge on any atom is -0.207 e. The Hall–Kier alpha value is -1.15. The van der Waals surface area contributed by atoms with Crippen molar-refractivity contribution in [1.82, 2.24) is 0 Å². The van der Waals surface area contributed by atoms with Gasteiger partial charge in [0.25, 0.3) is 0 Å². The molecular weight excluding hydrogens is 315 g/mol. The topological polar surface area (TPSA) is 0 Å². The predicted octanol–water partition coefficient (Wildman–Crippen LogP) is 5.24. The summed E-state index contributed by atoms with van der Waals surface area (Å²) < 4.78 is 13.2. The van der Waals surface area contributed by atoms with Gasteiger partial charge in [0.2, 0.25) is 0 Å². The molecule has 0 N–H and O–H groups in total. The minimum absolute atomic E-state index is 0.151. The van der Waals surface area contributed by atoms with Crippen LogP contribution in [0.1, 0.15) is 22.3 Å². The molecule has 0 bridgehead atoms. The summed E-state index contributed by atoms with van der Waals surface area (Å²) in [5, 5.41) is 0.927. The lowest BCUT2D eigenvalue weighted by Gasteiger charge is -2.15. The second-order valence-corrected chi connectivity index (χ2v) is 6.12. The van der Waals surface area contributed by atoms with Crippen LogP contribution in [-0.2, 0) is 12.8 Å². The second kappa shape index (κ2) is 7.03. The van der Waals surface area contributed by atoms with Gasteiger partial charge in [-0.05, 0) is 67.0 Å². The zero-order chi connectivity index (χ0) is 14.5. The molecule has 0 heterocycles. The molecule has 0 aliphatic rings. The van der Waals surface area contributed by atoms with Crippen LogP contribution < -0.4 is 0 Å². The van der Waals surface area contributed by atoms with Crippen molar-refractivity contribution < 1.29 is 4.39 Å². The largest absolute Gasteiger partial charge is 0.207 e. The molecule has 0 amide bonds. The Morgan fingerprint density at radius 3 is 2.25 bits per heavy atom. The van der Waals surface area contributed by atoms with Crippen LogP contribution in [0, 0.1) is 25.6 Å². The molecule has 0 aliphatic heterocycles. The normalized spacial score (nSPS) is 12.4. The summed E-state index contributed by atoms with van der Waals surface area (Å²) in [5.74, 6) is 0.334. The molecule has 2 aromatic carbocycles. The lowest BCUT2D eigenvalue weighted by molar-refractivity contribution is 0.582. The van der Waals surface area contributed by atoms with E-state index in [0.29, 0.717) is 5.92 Å². The third-order valence-corrected chi connectivity index (χ3v) is 4.64. The van der Waals surface area contributed by atoms with Crippen LogP contribution in [0.4, 0.5) is 4.39 Å².